The zero-order valence-electron chi connectivity index (χ0n) is 17.0. The molecule has 3 aliphatic rings. The summed E-state index contributed by atoms with van der Waals surface area (Å²) in [5, 5.41) is 1.14. The summed E-state index contributed by atoms with van der Waals surface area (Å²) in [6.45, 7) is 4.59. The highest BCUT2D eigenvalue weighted by Crippen LogP contribution is 2.37. The van der Waals surface area contributed by atoms with Crippen LogP contribution in [0.1, 0.15) is 6.42 Å². The van der Waals surface area contributed by atoms with Gasteiger partial charge in [0.25, 0.3) is 0 Å². The third-order valence-electron chi connectivity index (χ3n) is 6.63. The van der Waals surface area contributed by atoms with Gasteiger partial charge >= 0.3 is 0 Å². The molecule has 0 saturated carbocycles. The Balaban J connectivity index is 1.40. The monoisotopic (exact) mass is 417 g/mol. The Morgan fingerprint density at radius 1 is 1.06 bits per heavy atom. The lowest BCUT2D eigenvalue weighted by atomic mass is 10.1. The van der Waals surface area contributed by atoms with Crippen LogP contribution in [0.3, 0.4) is 0 Å². The Morgan fingerprint density at radius 3 is 2.84 bits per heavy atom. The Morgan fingerprint density at radius 2 is 2.00 bits per heavy atom. The number of anilines is 2. The topological polar surface area (TPSA) is 95.2 Å². The normalized spacial score (nSPS) is 23.5. The van der Waals surface area contributed by atoms with Crippen LogP contribution < -0.4 is 9.80 Å². The van der Waals surface area contributed by atoms with Crippen LogP contribution in [-0.4, -0.2) is 76.5 Å². The predicted molar refractivity (Wildman–Crippen MR) is 117 cm³/mol. The van der Waals surface area contributed by atoms with E-state index in [0.717, 1.165) is 77.9 Å². The zero-order valence-corrected chi connectivity index (χ0v) is 17.0. The minimum Gasteiger partial charge on any atom is -0.378 e. The first-order chi connectivity index (χ1) is 15.3. The van der Waals surface area contributed by atoms with Crippen molar-refractivity contribution in [1.29, 1.82) is 0 Å². The van der Waals surface area contributed by atoms with E-state index in [1.54, 1.807) is 0 Å². The third kappa shape index (κ3) is 2.73. The number of ether oxygens (including phenoxy) is 2. The number of aromatic nitrogens is 5. The lowest BCUT2D eigenvalue weighted by Crippen LogP contribution is -2.40. The maximum Gasteiger partial charge on any atom is 0.229 e. The van der Waals surface area contributed by atoms with Gasteiger partial charge in [-0.15, -0.1) is 0 Å². The molecular formula is C22H23N7O2. The van der Waals surface area contributed by atoms with Crippen molar-refractivity contribution in [3.63, 3.8) is 0 Å². The summed E-state index contributed by atoms with van der Waals surface area (Å²) < 4.78 is 11.4. The molecule has 2 unspecified atom stereocenters. The van der Waals surface area contributed by atoms with E-state index >= 15 is 0 Å². The zero-order chi connectivity index (χ0) is 20.4. The van der Waals surface area contributed by atoms with Crippen molar-refractivity contribution < 1.29 is 9.47 Å². The average Bonchev–Trinajstić information content (AvgIpc) is 3.61. The second-order valence-electron chi connectivity index (χ2n) is 8.47. The van der Waals surface area contributed by atoms with Crippen molar-refractivity contribution in [2.24, 2.45) is 0 Å². The van der Waals surface area contributed by atoms with E-state index in [1.165, 1.54) is 0 Å². The Kier molecular flexibility index (Phi) is 3.76. The highest BCUT2D eigenvalue weighted by molar-refractivity contribution is 5.96. The summed E-state index contributed by atoms with van der Waals surface area (Å²) in [5.41, 5.74) is 3.75. The first-order valence-electron chi connectivity index (χ1n) is 10.9. The molecule has 9 nitrogen and oxygen atoms in total. The molecule has 0 amide bonds. The van der Waals surface area contributed by atoms with Crippen molar-refractivity contribution in [2.75, 3.05) is 49.3 Å². The van der Waals surface area contributed by atoms with Crippen molar-refractivity contribution in [3.8, 4) is 11.4 Å². The van der Waals surface area contributed by atoms with E-state index in [2.05, 4.69) is 38.0 Å². The SMILES string of the molecule is c1cc(-c2nc3c(N4CC5CC4CO5)nc(N4CCOCC4)nc3[nH]2)c2cc[nH]c2c1. The summed E-state index contributed by atoms with van der Waals surface area (Å²) in [7, 11) is 0. The number of hydrogen-bond donors (Lipinski definition) is 2. The standard InChI is InChI=1S/C22H23N7O2/c1-2-16(15-4-5-23-17(15)3-1)19-24-18-20(25-19)26-22(28-6-8-30-9-7-28)27-21(18)29-11-14-10-13(29)12-31-14/h1-5,13-14,23H,6-12H2,(H,24,25,26,27). The van der Waals surface area contributed by atoms with Gasteiger partial charge < -0.3 is 29.2 Å². The molecule has 0 spiro atoms. The van der Waals surface area contributed by atoms with E-state index in [-0.39, 0.29) is 6.10 Å². The second-order valence-corrected chi connectivity index (χ2v) is 8.47. The molecule has 3 fully saturated rings. The molecule has 31 heavy (non-hydrogen) atoms. The largest absolute Gasteiger partial charge is 0.378 e. The second kappa shape index (κ2) is 6.66. The summed E-state index contributed by atoms with van der Waals surface area (Å²) in [5.74, 6) is 2.46. The molecular weight excluding hydrogens is 394 g/mol. The fraction of sp³-hybridized carbons (Fsp3) is 0.409. The summed E-state index contributed by atoms with van der Waals surface area (Å²) in [6, 6.07) is 8.65. The maximum atomic E-state index is 5.83. The van der Waals surface area contributed by atoms with Crippen LogP contribution in [0.25, 0.3) is 33.5 Å². The van der Waals surface area contributed by atoms with Crippen LogP contribution in [0.5, 0.6) is 0 Å². The molecule has 4 aromatic rings. The molecule has 2 N–H and O–H groups in total. The van der Waals surface area contributed by atoms with Gasteiger partial charge in [-0.2, -0.15) is 9.97 Å². The molecule has 0 radical (unpaired) electrons. The Bertz CT molecular complexity index is 1280. The Labute approximate surface area is 178 Å². The lowest BCUT2D eigenvalue weighted by molar-refractivity contribution is 0.0989. The molecule has 3 saturated heterocycles. The van der Waals surface area contributed by atoms with Crippen molar-refractivity contribution in [1.82, 2.24) is 24.9 Å². The third-order valence-corrected chi connectivity index (χ3v) is 6.63. The number of H-pyrrole nitrogens is 2. The van der Waals surface area contributed by atoms with Crippen LogP contribution in [0.4, 0.5) is 11.8 Å². The quantitative estimate of drug-likeness (QED) is 0.528. The first kappa shape index (κ1) is 17.5. The number of rotatable bonds is 3. The first-order valence-corrected chi connectivity index (χ1v) is 10.9. The van der Waals surface area contributed by atoms with E-state index in [1.807, 2.05) is 12.3 Å². The van der Waals surface area contributed by atoms with Gasteiger partial charge in [0.05, 0.1) is 32.0 Å². The number of imidazole rings is 1. The molecule has 3 aromatic heterocycles. The number of nitrogens with one attached hydrogen (secondary N) is 2. The van der Waals surface area contributed by atoms with Crippen LogP contribution in [0.15, 0.2) is 30.5 Å². The predicted octanol–water partition coefficient (Wildman–Crippen LogP) is 2.32. The minimum atomic E-state index is 0.286. The minimum absolute atomic E-state index is 0.286. The molecule has 3 aliphatic heterocycles. The fourth-order valence-corrected chi connectivity index (χ4v) is 5.06. The summed E-state index contributed by atoms with van der Waals surface area (Å²) >= 11 is 0. The molecule has 7 rings (SSSR count). The van der Waals surface area contributed by atoms with Crippen LogP contribution >= 0.6 is 0 Å². The molecule has 158 valence electrons. The number of hydrogen-bond acceptors (Lipinski definition) is 7. The van der Waals surface area contributed by atoms with Crippen LogP contribution in [0, 0.1) is 0 Å². The molecule has 1 aromatic carbocycles. The summed E-state index contributed by atoms with van der Waals surface area (Å²) in [6.07, 6.45) is 3.30. The molecule has 2 bridgehead atoms. The van der Waals surface area contributed by atoms with Crippen molar-refractivity contribution >= 4 is 33.8 Å². The van der Waals surface area contributed by atoms with E-state index in [9.17, 15) is 0 Å². The number of aromatic amines is 2. The number of morpholine rings is 2. The van der Waals surface area contributed by atoms with Gasteiger partial charge in [0.1, 0.15) is 5.82 Å². The van der Waals surface area contributed by atoms with Gasteiger partial charge in [-0.1, -0.05) is 12.1 Å². The average molecular weight is 417 g/mol. The van der Waals surface area contributed by atoms with E-state index < -0.39 is 0 Å². The highest BCUT2D eigenvalue weighted by atomic mass is 16.5. The van der Waals surface area contributed by atoms with Gasteiger partial charge in [0.15, 0.2) is 17.0 Å². The molecule has 2 atom stereocenters. The lowest BCUT2D eigenvalue weighted by Gasteiger charge is -2.30. The van der Waals surface area contributed by atoms with E-state index in [0.29, 0.717) is 19.3 Å². The molecule has 6 heterocycles. The van der Waals surface area contributed by atoms with Gasteiger partial charge in [-0.25, -0.2) is 4.98 Å². The van der Waals surface area contributed by atoms with Gasteiger partial charge in [-0.3, -0.25) is 0 Å². The summed E-state index contributed by atoms with van der Waals surface area (Å²) in [4.78, 5) is 26.2. The molecule has 0 aliphatic carbocycles. The Hall–Kier alpha value is -3.17. The maximum absolute atomic E-state index is 5.83. The van der Waals surface area contributed by atoms with Gasteiger partial charge in [-0.05, 0) is 18.6 Å². The fourth-order valence-electron chi connectivity index (χ4n) is 5.06. The van der Waals surface area contributed by atoms with Crippen LogP contribution in [0.2, 0.25) is 0 Å². The van der Waals surface area contributed by atoms with Crippen molar-refractivity contribution in [3.05, 3.63) is 30.5 Å². The van der Waals surface area contributed by atoms with E-state index in [4.69, 9.17) is 24.4 Å². The van der Waals surface area contributed by atoms with Gasteiger partial charge in [0.2, 0.25) is 5.95 Å². The van der Waals surface area contributed by atoms with Gasteiger partial charge in [0, 0.05) is 42.3 Å². The highest BCUT2D eigenvalue weighted by Gasteiger charge is 2.41. The van der Waals surface area contributed by atoms with Crippen LogP contribution in [-0.2, 0) is 9.47 Å². The number of fused-ring (bicyclic) bond motifs is 4. The molecule has 9 heteroatoms. The van der Waals surface area contributed by atoms with Crippen molar-refractivity contribution in [2.45, 2.75) is 18.6 Å². The smallest absolute Gasteiger partial charge is 0.229 e. The number of benzene rings is 1. The number of nitrogens with zero attached hydrogens (tertiary/aromatic N) is 5.